The number of hydrogen-bond donors (Lipinski definition) is 3. The Balaban J connectivity index is 2.44. The first-order valence-electron chi connectivity index (χ1n) is 11.7. The lowest BCUT2D eigenvalue weighted by atomic mass is 10.00. The van der Waals surface area contributed by atoms with E-state index in [4.69, 9.17) is 10.5 Å². The lowest BCUT2D eigenvalue weighted by Crippen LogP contribution is -2.54. The van der Waals surface area contributed by atoms with Gasteiger partial charge in [-0.25, -0.2) is 4.79 Å². The summed E-state index contributed by atoms with van der Waals surface area (Å²) in [5, 5.41) is 14.7. The van der Waals surface area contributed by atoms with E-state index in [1.165, 1.54) is 0 Å². The molecule has 0 fully saturated rings. The summed E-state index contributed by atoms with van der Waals surface area (Å²) in [7, 11) is 0. The number of ether oxygens (including phenoxy) is 1. The minimum Gasteiger partial charge on any atom is -0.444 e. The summed E-state index contributed by atoms with van der Waals surface area (Å²) in [4.78, 5) is 52.3. The van der Waals surface area contributed by atoms with Crippen molar-refractivity contribution in [2.75, 3.05) is 6.54 Å². The van der Waals surface area contributed by atoms with E-state index in [-0.39, 0.29) is 6.54 Å². The highest BCUT2D eigenvalue weighted by Crippen LogP contribution is 2.24. The fraction of sp³-hybridized carbons (Fsp3) is 0.370. The smallest absolute Gasteiger partial charge is 0.408 e. The van der Waals surface area contributed by atoms with Crippen molar-refractivity contribution >= 4 is 23.8 Å². The zero-order valence-corrected chi connectivity index (χ0v) is 21.5. The summed E-state index contributed by atoms with van der Waals surface area (Å²) in [6.07, 6.45) is -1.49. The van der Waals surface area contributed by atoms with Gasteiger partial charge in [0.25, 0.3) is 0 Å². The van der Waals surface area contributed by atoms with Gasteiger partial charge in [0.2, 0.25) is 17.7 Å². The van der Waals surface area contributed by atoms with Crippen LogP contribution >= 0.6 is 0 Å². The van der Waals surface area contributed by atoms with Crippen LogP contribution in [0.15, 0.2) is 54.6 Å². The molecular formula is C27H33N5O5. The molecule has 196 valence electrons. The van der Waals surface area contributed by atoms with E-state index in [9.17, 15) is 24.4 Å². The van der Waals surface area contributed by atoms with E-state index in [1.54, 1.807) is 39.0 Å². The highest BCUT2D eigenvalue weighted by Gasteiger charge is 2.37. The Morgan fingerprint density at radius 1 is 1.08 bits per heavy atom. The molecule has 2 aromatic rings. The largest absolute Gasteiger partial charge is 0.444 e. The number of nitrogens with one attached hydrogen (secondary N) is 2. The highest BCUT2D eigenvalue weighted by atomic mass is 16.6. The van der Waals surface area contributed by atoms with Crippen LogP contribution in [-0.2, 0) is 25.7 Å². The molecule has 10 heteroatoms. The van der Waals surface area contributed by atoms with Gasteiger partial charge in [-0.3, -0.25) is 14.4 Å². The summed E-state index contributed by atoms with van der Waals surface area (Å²) in [5.41, 5.74) is 6.62. The fourth-order valence-electron chi connectivity index (χ4n) is 3.62. The first-order valence-corrected chi connectivity index (χ1v) is 11.7. The van der Waals surface area contributed by atoms with E-state index in [0.717, 1.165) is 16.0 Å². The van der Waals surface area contributed by atoms with Crippen LogP contribution in [0.2, 0.25) is 0 Å². The van der Waals surface area contributed by atoms with Crippen LogP contribution in [0.1, 0.15) is 49.9 Å². The molecule has 2 rings (SSSR count). The Kier molecular flexibility index (Phi) is 10.2. The summed E-state index contributed by atoms with van der Waals surface area (Å²) >= 11 is 0. The lowest BCUT2D eigenvalue weighted by Gasteiger charge is -2.32. The number of nitrogens with zero attached hydrogens (tertiary/aromatic N) is 2. The first kappa shape index (κ1) is 28.8. The Bertz CT molecular complexity index is 1150. The average molecular weight is 508 g/mol. The summed E-state index contributed by atoms with van der Waals surface area (Å²) in [6.45, 7) is 6.47. The molecule has 0 aliphatic carbocycles. The number of nitriles is 1. The molecule has 2 atom stereocenters. The zero-order valence-electron chi connectivity index (χ0n) is 21.5. The molecule has 37 heavy (non-hydrogen) atoms. The minimum atomic E-state index is -1.45. The van der Waals surface area contributed by atoms with E-state index < -0.39 is 54.5 Å². The van der Waals surface area contributed by atoms with E-state index >= 15 is 0 Å². The van der Waals surface area contributed by atoms with E-state index in [2.05, 4.69) is 10.6 Å². The van der Waals surface area contributed by atoms with Gasteiger partial charge in [0.05, 0.1) is 12.5 Å². The van der Waals surface area contributed by atoms with Gasteiger partial charge in [-0.1, -0.05) is 60.2 Å². The molecule has 2 aromatic carbocycles. The molecule has 10 nitrogen and oxygen atoms in total. The number of benzene rings is 2. The molecule has 0 spiro atoms. The van der Waals surface area contributed by atoms with Gasteiger partial charge in [-0.05, 0) is 38.8 Å². The van der Waals surface area contributed by atoms with Crippen molar-refractivity contribution in [3.8, 4) is 6.07 Å². The minimum absolute atomic E-state index is 0.192. The number of aryl methyl sites for hydroxylation is 1. The second-order valence-electron chi connectivity index (χ2n) is 9.51. The molecule has 0 aromatic heterocycles. The molecule has 0 radical (unpaired) electrons. The third-order valence-corrected chi connectivity index (χ3v) is 5.15. The third-order valence-electron chi connectivity index (χ3n) is 5.15. The number of hydrogen-bond acceptors (Lipinski definition) is 6. The van der Waals surface area contributed by atoms with Gasteiger partial charge >= 0.3 is 6.09 Å². The van der Waals surface area contributed by atoms with Crippen LogP contribution in [0.5, 0.6) is 0 Å². The van der Waals surface area contributed by atoms with Crippen LogP contribution in [-0.4, -0.2) is 46.9 Å². The number of amides is 4. The predicted molar refractivity (Wildman–Crippen MR) is 137 cm³/mol. The lowest BCUT2D eigenvalue weighted by molar-refractivity contribution is -0.142. The van der Waals surface area contributed by atoms with Crippen molar-refractivity contribution in [2.45, 2.75) is 58.3 Å². The fourth-order valence-corrected chi connectivity index (χ4v) is 3.62. The van der Waals surface area contributed by atoms with Crippen LogP contribution in [0.4, 0.5) is 4.79 Å². The molecule has 0 aliphatic heterocycles. The maximum Gasteiger partial charge on any atom is 0.408 e. The topological polar surface area (TPSA) is 155 Å². The van der Waals surface area contributed by atoms with Gasteiger partial charge in [-0.15, -0.1) is 0 Å². The molecular weight excluding hydrogens is 474 g/mol. The second kappa shape index (κ2) is 13.1. The number of carbonyl (C=O) groups is 4. The van der Waals surface area contributed by atoms with E-state index in [0.29, 0.717) is 5.56 Å². The summed E-state index contributed by atoms with van der Waals surface area (Å²) in [5.74, 6) is -2.22. The van der Waals surface area contributed by atoms with Crippen molar-refractivity contribution < 1.29 is 23.9 Å². The van der Waals surface area contributed by atoms with Crippen molar-refractivity contribution in [1.82, 2.24) is 15.5 Å². The van der Waals surface area contributed by atoms with E-state index in [1.807, 2.05) is 49.4 Å². The van der Waals surface area contributed by atoms with Gasteiger partial charge in [-0.2, -0.15) is 5.26 Å². The van der Waals surface area contributed by atoms with Crippen molar-refractivity contribution in [3.63, 3.8) is 0 Å². The van der Waals surface area contributed by atoms with Crippen LogP contribution in [0.3, 0.4) is 0 Å². The zero-order chi connectivity index (χ0) is 27.6. The van der Waals surface area contributed by atoms with Crippen LogP contribution < -0.4 is 16.4 Å². The average Bonchev–Trinajstić information content (AvgIpc) is 2.81. The summed E-state index contributed by atoms with van der Waals surface area (Å²) in [6, 6.07) is 15.4. The van der Waals surface area contributed by atoms with Crippen molar-refractivity contribution in [3.05, 3.63) is 71.3 Å². The molecule has 4 amide bonds. The van der Waals surface area contributed by atoms with Crippen molar-refractivity contribution in [1.29, 1.82) is 5.26 Å². The third kappa shape index (κ3) is 9.29. The first-order chi connectivity index (χ1) is 17.4. The monoisotopic (exact) mass is 507 g/mol. The van der Waals surface area contributed by atoms with Gasteiger partial charge in [0.15, 0.2) is 0 Å². The number of rotatable bonds is 10. The standard InChI is InChI=1S/C27H33N5O5/c1-18-9-8-12-20(15-18)23(24(34)30-17-19-10-6-5-7-11-19)32(14-13-28)25(35)21(16-22(29)33)31-26(36)37-27(2,3)4/h5-12,15,21,23H,14,16-17H2,1-4H3,(H2,29,33)(H,30,34)(H,31,36). The Labute approximate surface area is 216 Å². The molecule has 4 N–H and O–H groups in total. The molecule has 0 saturated heterocycles. The molecule has 0 saturated carbocycles. The predicted octanol–water partition coefficient (Wildman–Crippen LogP) is 2.47. The molecule has 0 aliphatic rings. The Morgan fingerprint density at radius 3 is 2.32 bits per heavy atom. The quantitative estimate of drug-likeness (QED) is 0.420. The number of primary amides is 1. The second-order valence-corrected chi connectivity index (χ2v) is 9.51. The van der Waals surface area contributed by atoms with Gasteiger partial charge in [0, 0.05) is 6.54 Å². The maximum absolute atomic E-state index is 13.7. The maximum atomic E-state index is 13.7. The molecule has 0 bridgehead atoms. The van der Waals surface area contributed by atoms with Gasteiger partial charge in [0.1, 0.15) is 24.2 Å². The number of alkyl carbamates (subject to hydrolysis) is 1. The SMILES string of the molecule is Cc1cccc(C(C(=O)NCc2ccccc2)N(CC#N)C(=O)C(CC(N)=O)NC(=O)OC(C)(C)C)c1. The summed E-state index contributed by atoms with van der Waals surface area (Å²) < 4.78 is 5.22. The Morgan fingerprint density at radius 2 is 1.76 bits per heavy atom. The molecule has 0 heterocycles. The van der Waals surface area contributed by atoms with Crippen LogP contribution in [0.25, 0.3) is 0 Å². The van der Waals surface area contributed by atoms with Crippen molar-refractivity contribution in [2.24, 2.45) is 5.73 Å². The number of nitrogens with two attached hydrogens (primary N) is 1. The van der Waals surface area contributed by atoms with Gasteiger partial charge < -0.3 is 26.0 Å². The number of carbonyl (C=O) groups excluding carboxylic acids is 4. The Hall–Kier alpha value is -4.39. The molecule has 2 unspecified atom stereocenters. The highest BCUT2D eigenvalue weighted by molar-refractivity contribution is 5.94. The van der Waals surface area contributed by atoms with Crippen LogP contribution in [0, 0.1) is 18.3 Å². The normalized spacial score (nSPS) is 12.4.